The minimum absolute atomic E-state index is 0.236. The Kier molecular flexibility index (Phi) is 4.17. The lowest BCUT2D eigenvalue weighted by atomic mass is 9.96. The van der Waals surface area contributed by atoms with Crippen LogP contribution in [0.1, 0.15) is 13.3 Å². The molecule has 3 rings (SSSR count). The Labute approximate surface area is 130 Å². The van der Waals surface area contributed by atoms with E-state index in [1.807, 2.05) is 18.2 Å². The zero-order valence-corrected chi connectivity index (χ0v) is 13.2. The van der Waals surface area contributed by atoms with Gasteiger partial charge in [-0.15, -0.1) is 0 Å². The molecule has 0 aromatic carbocycles. The summed E-state index contributed by atoms with van der Waals surface area (Å²) in [6.45, 7) is 5.29. The molecule has 3 heterocycles. The van der Waals surface area contributed by atoms with Crippen LogP contribution in [0.25, 0.3) is 0 Å². The van der Waals surface area contributed by atoms with Gasteiger partial charge in [0.25, 0.3) is 0 Å². The minimum atomic E-state index is -0.266. The first kappa shape index (κ1) is 15.1. The van der Waals surface area contributed by atoms with Gasteiger partial charge in [-0.3, -0.25) is 14.7 Å². The van der Waals surface area contributed by atoms with Gasteiger partial charge in [-0.05, 0) is 32.0 Å². The van der Waals surface area contributed by atoms with Crippen LogP contribution >= 0.6 is 0 Å². The van der Waals surface area contributed by atoms with E-state index in [-0.39, 0.29) is 18.0 Å². The smallest absolute Gasteiger partial charge is 0.236 e. The van der Waals surface area contributed by atoms with Crippen molar-refractivity contribution in [2.24, 2.45) is 10.7 Å². The molecule has 0 aliphatic carbocycles. The normalized spacial score (nSPS) is 29.5. The van der Waals surface area contributed by atoms with E-state index in [9.17, 15) is 4.79 Å². The zero-order valence-electron chi connectivity index (χ0n) is 13.2. The third kappa shape index (κ3) is 2.74. The van der Waals surface area contributed by atoms with E-state index < -0.39 is 0 Å². The van der Waals surface area contributed by atoms with E-state index in [4.69, 9.17) is 5.73 Å². The average molecular weight is 304 g/mol. The Morgan fingerprint density at radius 2 is 2.27 bits per heavy atom. The number of hydrogen-bond acceptors (Lipinski definition) is 6. The lowest BCUT2D eigenvalue weighted by Gasteiger charge is -2.39. The molecule has 3 aliphatic heterocycles. The SMILES string of the molecule is CC1NNC(N2CCN(C)C(C(N)=O)C2)=C1C1=CC=NCC1. The van der Waals surface area contributed by atoms with Gasteiger partial charge in [-0.1, -0.05) is 0 Å². The molecule has 7 nitrogen and oxygen atoms in total. The molecule has 0 aromatic heterocycles. The van der Waals surface area contributed by atoms with Crippen molar-refractivity contribution in [3.8, 4) is 0 Å². The molecule has 2 unspecified atom stereocenters. The first-order valence-electron chi connectivity index (χ1n) is 7.77. The van der Waals surface area contributed by atoms with Crippen LogP contribution in [-0.4, -0.2) is 67.2 Å². The molecule has 4 N–H and O–H groups in total. The molecule has 120 valence electrons. The fourth-order valence-electron chi connectivity index (χ4n) is 3.29. The van der Waals surface area contributed by atoms with Crippen LogP contribution in [0.2, 0.25) is 0 Å². The number of likely N-dealkylation sites (N-methyl/N-ethyl adjacent to an activating group) is 1. The van der Waals surface area contributed by atoms with Crippen molar-refractivity contribution in [2.45, 2.75) is 25.4 Å². The number of nitrogens with two attached hydrogens (primary N) is 1. The maximum absolute atomic E-state index is 11.6. The molecule has 1 fully saturated rings. The van der Waals surface area contributed by atoms with Crippen molar-refractivity contribution in [3.05, 3.63) is 23.0 Å². The minimum Gasteiger partial charge on any atom is -0.368 e. The fraction of sp³-hybridized carbons (Fsp3) is 0.600. The molecule has 0 saturated carbocycles. The van der Waals surface area contributed by atoms with Gasteiger partial charge in [0.15, 0.2) is 0 Å². The summed E-state index contributed by atoms with van der Waals surface area (Å²) in [5.41, 5.74) is 14.7. The molecule has 1 amide bonds. The number of nitrogens with one attached hydrogen (secondary N) is 2. The molecular weight excluding hydrogens is 280 g/mol. The van der Waals surface area contributed by atoms with Gasteiger partial charge >= 0.3 is 0 Å². The van der Waals surface area contributed by atoms with Crippen LogP contribution < -0.4 is 16.6 Å². The maximum atomic E-state index is 11.6. The second-order valence-electron chi connectivity index (χ2n) is 6.10. The van der Waals surface area contributed by atoms with Crippen LogP contribution in [0.5, 0.6) is 0 Å². The topological polar surface area (TPSA) is 86.0 Å². The highest BCUT2D eigenvalue weighted by molar-refractivity contribution is 5.80. The van der Waals surface area contributed by atoms with E-state index in [1.165, 1.54) is 11.1 Å². The second kappa shape index (κ2) is 6.10. The fourth-order valence-corrected chi connectivity index (χ4v) is 3.29. The predicted molar refractivity (Wildman–Crippen MR) is 86.0 cm³/mol. The van der Waals surface area contributed by atoms with Gasteiger partial charge in [0.05, 0.1) is 6.04 Å². The van der Waals surface area contributed by atoms with Crippen LogP contribution in [-0.2, 0) is 4.79 Å². The van der Waals surface area contributed by atoms with Gasteiger partial charge in [0.1, 0.15) is 11.9 Å². The molecule has 7 heteroatoms. The number of aliphatic imine (C=N–C) groups is 1. The van der Waals surface area contributed by atoms with Crippen molar-refractivity contribution in [1.29, 1.82) is 0 Å². The van der Waals surface area contributed by atoms with E-state index in [1.54, 1.807) is 0 Å². The standard InChI is InChI=1S/C15H24N6O/c1-10-13(11-3-5-17-6-4-11)15(19-18-10)21-8-7-20(2)12(9-21)14(16)22/h3,5,10,12,18-19H,4,6-9H2,1-2H3,(H2,16,22). The summed E-state index contributed by atoms with van der Waals surface area (Å²) in [6, 6.07) is -0.0125. The molecule has 1 saturated heterocycles. The Morgan fingerprint density at radius 1 is 1.45 bits per heavy atom. The van der Waals surface area contributed by atoms with E-state index in [0.29, 0.717) is 6.54 Å². The first-order valence-corrected chi connectivity index (χ1v) is 7.77. The van der Waals surface area contributed by atoms with Crippen LogP contribution in [0.4, 0.5) is 0 Å². The maximum Gasteiger partial charge on any atom is 0.236 e. The second-order valence-corrected chi connectivity index (χ2v) is 6.10. The summed E-state index contributed by atoms with van der Waals surface area (Å²) >= 11 is 0. The monoisotopic (exact) mass is 304 g/mol. The van der Waals surface area contributed by atoms with E-state index >= 15 is 0 Å². The summed E-state index contributed by atoms with van der Waals surface area (Å²) in [7, 11) is 1.95. The third-order valence-corrected chi connectivity index (χ3v) is 4.63. The summed E-state index contributed by atoms with van der Waals surface area (Å²) in [4.78, 5) is 20.2. The quantitative estimate of drug-likeness (QED) is 0.635. The van der Waals surface area contributed by atoms with Crippen molar-refractivity contribution in [2.75, 3.05) is 33.2 Å². The average Bonchev–Trinajstić information content (AvgIpc) is 2.90. The number of allylic oxidation sites excluding steroid dienone is 1. The number of carbonyl (C=O) groups excluding carboxylic acids is 1. The summed E-state index contributed by atoms with van der Waals surface area (Å²) in [6.07, 6.45) is 4.92. The Hall–Kier alpha value is -1.86. The molecule has 2 atom stereocenters. The lowest BCUT2D eigenvalue weighted by molar-refractivity contribution is -0.124. The van der Waals surface area contributed by atoms with Crippen LogP contribution in [0.3, 0.4) is 0 Å². The molecule has 3 aliphatic rings. The van der Waals surface area contributed by atoms with Crippen molar-refractivity contribution in [1.82, 2.24) is 20.7 Å². The van der Waals surface area contributed by atoms with Crippen molar-refractivity contribution in [3.63, 3.8) is 0 Å². The van der Waals surface area contributed by atoms with Gasteiger partial charge in [0, 0.05) is 38.0 Å². The highest BCUT2D eigenvalue weighted by Crippen LogP contribution is 2.28. The summed E-state index contributed by atoms with van der Waals surface area (Å²) < 4.78 is 0. The van der Waals surface area contributed by atoms with Gasteiger partial charge in [-0.2, -0.15) is 0 Å². The molecule has 22 heavy (non-hydrogen) atoms. The summed E-state index contributed by atoms with van der Waals surface area (Å²) in [5.74, 6) is 0.811. The number of carbonyl (C=O) groups is 1. The highest BCUT2D eigenvalue weighted by atomic mass is 16.1. The Morgan fingerprint density at radius 3 is 2.95 bits per heavy atom. The first-order chi connectivity index (χ1) is 10.6. The van der Waals surface area contributed by atoms with E-state index in [0.717, 1.165) is 31.9 Å². The molecule has 0 aromatic rings. The number of hydrogen-bond donors (Lipinski definition) is 3. The molecular formula is C15H24N6O. The van der Waals surface area contributed by atoms with Crippen LogP contribution in [0, 0.1) is 0 Å². The number of rotatable bonds is 3. The zero-order chi connectivity index (χ0) is 15.7. The van der Waals surface area contributed by atoms with Crippen LogP contribution in [0.15, 0.2) is 28.0 Å². The molecule has 0 spiro atoms. The van der Waals surface area contributed by atoms with Gasteiger partial charge in [0.2, 0.25) is 5.91 Å². The van der Waals surface area contributed by atoms with Gasteiger partial charge in [-0.25, -0.2) is 5.43 Å². The van der Waals surface area contributed by atoms with E-state index in [2.05, 4.69) is 33.7 Å². The highest BCUT2D eigenvalue weighted by Gasteiger charge is 2.34. The third-order valence-electron chi connectivity index (χ3n) is 4.63. The largest absolute Gasteiger partial charge is 0.368 e. The number of amides is 1. The summed E-state index contributed by atoms with van der Waals surface area (Å²) in [5, 5.41) is 0. The number of hydrazine groups is 1. The number of piperazine rings is 1. The number of primary amides is 1. The molecule has 0 radical (unpaired) electrons. The van der Waals surface area contributed by atoms with Crippen molar-refractivity contribution >= 4 is 12.1 Å². The Balaban J connectivity index is 1.88. The van der Waals surface area contributed by atoms with Crippen molar-refractivity contribution < 1.29 is 4.79 Å². The Bertz CT molecular complexity index is 552. The predicted octanol–water partition coefficient (Wildman–Crippen LogP) is -0.803. The molecule has 0 bridgehead atoms. The number of dihydropyridines is 1. The number of nitrogens with zero attached hydrogens (tertiary/aromatic N) is 3. The lowest BCUT2D eigenvalue weighted by Crippen LogP contribution is -2.57. The van der Waals surface area contributed by atoms with Gasteiger partial charge < -0.3 is 16.1 Å².